The van der Waals surface area contributed by atoms with E-state index in [0.717, 1.165) is 16.8 Å². The summed E-state index contributed by atoms with van der Waals surface area (Å²) < 4.78 is 7.08. The van der Waals surface area contributed by atoms with Gasteiger partial charge in [-0.15, -0.1) is 0 Å². The smallest absolute Gasteiger partial charge is 0.240 e. The Morgan fingerprint density at radius 1 is 1.27 bits per heavy atom. The second kappa shape index (κ2) is 6.15. The number of aryl methyl sites for hydroxylation is 1. The highest BCUT2D eigenvalue weighted by atomic mass is 35.5. The van der Waals surface area contributed by atoms with Gasteiger partial charge >= 0.3 is 0 Å². The molecule has 0 atom stereocenters. The monoisotopic (exact) mass is 314 g/mol. The van der Waals surface area contributed by atoms with Crippen molar-refractivity contribution < 1.29 is 4.74 Å². The third kappa shape index (κ3) is 3.09. The molecule has 0 saturated heterocycles. The minimum atomic E-state index is 0.484. The van der Waals surface area contributed by atoms with Crippen LogP contribution in [0.2, 0.25) is 5.02 Å². The summed E-state index contributed by atoms with van der Waals surface area (Å²) in [5.41, 5.74) is 3.50. The zero-order chi connectivity index (χ0) is 15.5. The first kappa shape index (κ1) is 14.5. The van der Waals surface area contributed by atoms with Gasteiger partial charge in [-0.3, -0.25) is 4.68 Å². The average molecular weight is 315 g/mol. The molecule has 0 unspecified atom stereocenters. The number of halogens is 1. The Bertz CT molecular complexity index is 800. The summed E-state index contributed by atoms with van der Waals surface area (Å²) in [6.45, 7) is 0. The largest absolute Gasteiger partial charge is 0.479 e. The summed E-state index contributed by atoms with van der Waals surface area (Å²) in [6.07, 6.45) is 6.17. The number of hydrogen-bond acceptors (Lipinski definition) is 4. The van der Waals surface area contributed by atoms with Crippen LogP contribution < -0.4 is 4.74 Å². The summed E-state index contributed by atoms with van der Waals surface area (Å²) >= 11 is 6.06. The molecule has 6 heteroatoms. The zero-order valence-corrected chi connectivity index (χ0v) is 13.1. The SMILES string of the molecule is COc1ncc(Cc2cnn(C)c2)nc1-c1cccc(Cl)c1. The Morgan fingerprint density at radius 3 is 2.82 bits per heavy atom. The van der Waals surface area contributed by atoms with Gasteiger partial charge in [0.25, 0.3) is 0 Å². The van der Waals surface area contributed by atoms with Crippen LogP contribution in [0, 0.1) is 0 Å². The number of aromatic nitrogens is 4. The van der Waals surface area contributed by atoms with Gasteiger partial charge in [-0.05, 0) is 17.7 Å². The van der Waals surface area contributed by atoms with Crippen LogP contribution in [0.4, 0.5) is 0 Å². The van der Waals surface area contributed by atoms with Crippen LogP contribution in [0.1, 0.15) is 11.3 Å². The van der Waals surface area contributed by atoms with Crippen LogP contribution in [-0.4, -0.2) is 26.9 Å². The van der Waals surface area contributed by atoms with E-state index in [4.69, 9.17) is 16.3 Å². The fourth-order valence-corrected chi connectivity index (χ4v) is 2.44. The van der Waals surface area contributed by atoms with E-state index in [0.29, 0.717) is 23.0 Å². The lowest BCUT2D eigenvalue weighted by atomic mass is 10.1. The van der Waals surface area contributed by atoms with Crippen molar-refractivity contribution in [2.24, 2.45) is 7.05 Å². The molecule has 0 radical (unpaired) electrons. The van der Waals surface area contributed by atoms with Gasteiger partial charge in [0.15, 0.2) is 0 Å². The van der Waals surface area contributed by atoms with Crippen molar-refractivity contribution in [2.75, 3.05) is 7.11 Å². The second-order valence-electron chi connectivity index (χ2n) is 4.93. The highest BCUT2D eigenvalue weighted by Gasteiger charge is 2.12. The van der Waals surface area contributed by atoms with Crippen molar-refractivity contribution in [3.63, 3.8) is 0 Å². The van der Waals surface area contributed by atoms with Gasteiger partial charge in [-0.25, -0.2) is 9.97 Å². The van der Waals surface area contributed by atoms with E-state index in [1.165, 1.54) is 0 Å². The lowest BCUT2D eigenvalue weighted by Gasteiger charge is -2.09. The standard InChI is InChI=1S/C16H15ClN4O/c1-21-10-11(8-19-21)6-14-9-18-16(22-2)15(20-14)12-4-3-5-13(17)7-12/h3-5,7-10H,6H2,1-2H3. The van der Waals surface area contributed by atoms with E-state index >= 15 is 0 Å². The first-order chi connectivity index (χ1) is 10.7. The van der Waals surface area contributed by atoms with Crippen LogP contribution in [0.3, 0.4) is 0 Å². The fraction of sp³-hybridized carbons (Fsp3) is 0.188. The van der Waals surface area contributed by atoms with Gasteiger partial charge in [-0.1, -0.05) is 23.7 Å². The fourth-order valence-electron chi connectivity index (χ4n) is 2.25. The van der Waals surface area contributed by atoms with Crippen LogP contribution in [0.15, 0.2) is 42.9 Å². The predicted molar refractivity (Wildman–Crippen MR) is 85.0 cm³/mol. The molecule has 0 N–H and O–H groups in total. The van der Waals surface area contributed by atoms with Gasteiger partial charge in [-0.2, -0.15) is 5.10 Å². The van der Waals surface area contributed by atoms with Gasteiger partial charge in [0, 0.05) is 30.3 Å². The maximum atomic E-state index is 6.06. The van der Waals surface area contributed by atoms with E-state index in [9.17, 15) is 0 Å². The number of ether oxygens (including phenoxy) is 1. The molecule has 112 valence electrons. The molecule has 0 bridgehead atoms. The highest BCUT2D eigenvalue weighted by Crippen LogP contribution is 2.28. The number of rotatable bonds is 4. The summed E-state index contributed by atoms with van der Waals surface area (Å²) in [5, 5.41) is 4.82. The van der Waals surface area contributed by atoms with Crippen LogP contribution in [0.25, 0.3) is 11.3 Å². The average Bonchev–Trinajstić information content (AvgIpc) is 2.92. The summed E-state index contributed by atoms with van der Waals surface area (Å²) in [6, 6.07) is 7.49. The number of hydrogen-bond donors (Lipinski definition) is 0. The Morgan fingerprint density at radius 2 is 2.14 bits per heavy atom. The van der Waals surface area contributed by atoms with Crippen molar-refractivity contribution in [3.05, 3.63) is 59.1 Å². The third-order valence-corrected chi connectivity index (χ3v) is 3.46. The van der Waals surface area contributed by atoms with E-state index in [2.05, 4.69) is 15.1 Å². The Kier molecular flexibility index (Phi) is 4.06. The molecule has 1 aromatic carbocycles. The molecule has 3 rings (SSSR count). The van der Waals surface area contributed by atoms with Gasteiger partial charge in [0.05, 0.1) is 25.2 Å². The van der Waals surface area contributed by atoms with E-state index in [-0.39, 0.29) is 0 Å². The molecule has 22 heavy (non-hydrogen) atoms. The van der Waals surface area contributed by atoms with Crippen molar-refractivity contribution in [3.8, 4) is 17.1 Å². The molecule has 0 aliphatic carbocycles. The van der Waals surface area contributed by atoms with Crippen molar-refractivity contribution in [2.45, 2.75) is 6.42 Å². The predicted octanol–water partition coefficient (Wildman–Crippen LogP) is 3.13. The molecule has 0 aliphatic rings. The van der Waals surface area contributed by atoms with E-state index < -0.39 is 0 Å². The van der Waals surface area contributed by atoms with Gasteiger partial charge in [0.2, 0.25) is 5.88 Å². The van der Waals surface area contributed by atoms with Crippen molar-refractivity contribution in [1.82, 2.24) is 19.7 Å². The lowest BCUT2D eigenvalue weighted by molar-refractivity contribution is 0.397. The second-order valence-corrected chi connectivity index (χ2v) is 5.37. The summed E-state index contributed by atoms with van der Waals surface area (Å²) in [7, 11) is 3.47. The Hall–Kier alpha value is -2.40. The minimum Gasteiger partial charge on any atom is -0.479 e. The third-order valence-electron chi connectivity index (χ3n) is 3.22. The van der Waals surface area contributed by atoms with Crippen LogP contribution in [-0.2, 0) is 13.5 Å². The molecule has 0 aliphatic heterocycles. The maximum absolute atomic E-state index is 6.06. The Balaban J connectivity index is 1.99. The maximum Gasteiger partial charge on any atom is 0.240 e. The molecule has 0 fully saturated rings. The first-order valence-corrected chi connectivity index (χ1v) is 7.17. The normalized spacial score (nSPS) is 10.7. The zero-order valence-electron chi connectivity index (χ0n) is 12.3. The molecular weight excluding hydrogens is 300 g/mol. The molecule has 2 heterocycles. The van der Waals surface area contributed by atoms with E-state index in [1.807, 2.05) is 43.7 Å². The molecule has 2 aromatic heterocycles. The van der Waals surface area contributed by atoms with Crippen molar-refractivity contribution >= 4 is 11.6 Å². The van der Waals surface area contributed by atoms with Crippen LogP contribution >= 0.6 is 11.6 Å². The topological polar surface area (TPSA) is 52.8 Å². The molecule has 5 nitrogen and oxygen atoms in total. The molecule has 0 saturated carbocycles. The molecule has 3 aromatic rings. The minimum absolute atomic E-state index is 0.484. The van der Waals surface area contributed by atoms with Crippen LogP contribution in [0.5, 0.6) is 5.88 Å². The number of nitrogens with zero attached hydrogens (tertiary/aromatic N) is 4. The molecular formula is C16H15ClN4O. The van der Waals surface area contributed by atoms with Gasteiger partial charge in [0.1, 0.15) is 5.69 Å². The summed E-state index contributed by atoms with van der Waals surface area (Å²) in [5.74, 6) is 0.484. The van der Waals surface area contributed by atoms with E-state index in [1.54, 1.807) is 18.0 Å². The Labute approximate surface area is 133 Å². The molecule has 0 amide bonds. The number of methoxy groups -OCH3 is 1. The lowest BCUT2D eigenvalue weighted by Crippen LogP contribution is -2.00. The van der Waals surface area contributed by atoms with Gasteiger partial charge < -0.3 is 4.74 Å². The highest BCUT2D eigenvalue weighted by molar-refractivity contribution is 6.30. The summed E-state index contributed by atoms with van der Waals surface area (Å²) in [4.78, 5) is 9.03. The van der Waals surface area contributed by atoms with Crippen molar-refractivity contribution in [1.29, 1.82) is 0 Å². The quantitative estimate of drug-likeness (QED) is 0.742. The number of benzene rings is 1. The molecule has 0 spiro atoms. The first-order valence-electron chi connectivity index (χ1n) is 6.79.